The highest BCUT2D eigenvalue weighted by atomic mass is 35.5. The quantitative estimate of drug-likeness (QED) is 0.503. The van der Waals surface area contributed by atoms with Crippen LogP contribution in [0, 0.1) is 11.8 Å². The van der Waals surface area contributed by atoms with Crippen molar-refractivity contribution >= 4 is 23.6 Å². The van der Waals surface area contributed by atoms with Gasteiger partial charge in [-0.15, -0.1) is 0 Å². The highest BCUT2D eigenvalue weighted by Crippen LogP contribution is 2.40. The first-order valence-electron chi connectivity index (χ1n) is 13.5. The topological polar surface area (TPSA) is 110 Å². The van der Waals surface area contributed by atoms with Gasteiger partial charge < -0.3 is 19.9 Å². The van der Waals surface area contributed by atoms with Gasteiger partial charge in [0.1, 0.15) is 11.3 Å². The summed E-state index contributed by atoms with van der Waals surface area (Å²) in [5.41, 5.74) is 2.58. The molecule has 10 heteroatoms. The second-order valence-electron chi connectivity index (χ2n) is 11.5. The molecule has 39 heavy (non-hydrogen) atoms. The summed E-state index contributed by atoms with van der Waals surface area (Å²) in [5, 5.41) is 13.7. The maximum absolute atomic E-state index is 13.2. The van der Waals surface area contributed by atoms with E-state index in [-0.39, 0.29) is 36.7 Å². The van der Waals surface area contributed by atoms with Crippen LogP contribution >= 0.6 is 11.6 Å². The number of hydrogen-bond acceptors (Lipinski definition) is 8. The van der Waals surface area contributed by atoms with Crippen LogP contribution in [-0.2, 0) is 9.47 Å². The molecule has 2 aromatic heterocycles. The minimum atomic E-state index is -0.645. The van der Waals surface area contributed by atoms with Crippen molar-refractivity contribution in [1.29, 1.82) is 0 Å². The number of nitrogens with one attached hydrogen (secondary N) is 1. The van der Waals surface area contributed by atoms with E-state index in [1.807, 2.05) is 31.9 Å². The molecule has 2 unspecified atom stereocenters. The van der Waals surface area contributed by atoms with Crippen LogP contribution in [0.2, 0.25) is 5.02 Å². The number of halogens is 1. The lowest BCUT2D eigenvalue weighted by Gasteiger charge is -2.32. The van der Waals surface area contributed by atoms with Gasteiger partial charge in [0.15, 0.2) is 0 Å². The minimum absolute atomic E-state index is 0.0552. The molecule has 2 saturated heterocycles. The first kappa shape index (κ1) is 29.1. The normalized spacial score (nSPS) is 23.4. The summed E-state index contributed by atoms with van der Waals surface area (Å²) in [6.07, 6.45) is 6.48. The SMILES string of the molecule is CC(C)c1c(C#Cc2nc(N[C@@H]3CCOC[C@H]3O)ncc2Cl)cncc1C1CCC(C)N1C(=O)OC(C)(C)C. The second-order valence-corrected chi connectivity index (χ2v) is 11.9. The molecule has 2 fully saturated rings. The van der Waals surface area contributed by atoms with E-state index < -0.39 is 11.7 Å². The van der Waals surface area contributed by atoms with Crippen molar-refractivity contribution in [2.75, 3.05) is 18.5 Å². The van der Waals surface area contributed by atoms with Gasteiger partial charge in [-0.05, 0) is 69.9 Å². The van der Waals surface area contributed by atoms with E-state index in [1.165, 1.54) is 6.20 Å². The number of aromatic nitrogens is 3. The average molecular weight is 556 g/mol. The summed E-state index contributed by atoms with van der Waals surface area (Å²) in [6, 6.07) is -0.304. The molecule has 0 radical (unpaired) electrons. The molecule has 2 N–H and O–H groups in total. The first-order chi connectivity index (χ1) is 18.4. The number of amides is 1. The third kappa shape index (κ3) is 6.99. The number of anilines is 1. The standard InChI is InChI=1S/C29H38ClN5O4/c1-17(2)26-19(8-9-22-21(30)15-32-27(33-22)34-23-11-12-38-16-25(23)36)13-31-14-20(26)24-10-7-18(3)35(24)28(37)39-29(4,5)6/h13-15,17-18,23-25,36H,7,10-12,16H2,1-6H3,(H,32,33,34)/t18?,23-,24?,25-/m1/s1. The van der Waals surface area contributed by atoms with Gasteiger partial charge in [0.2, 0.25) is 5.95 Å². The van der Waals surface area contributed by atoms with Gasteiger partial charge in [0.05, 0.1) is 36.0 Å². The monoisotopic (exact) mass is 555 g/mol. The number of carbonyl (C=O) groups excluding carboxylic acids is 1. The van der Waals surface area contributed by atoms with E-state index in [0.29, 0.717) is 29.7 Å². The summed E-state index contributed by atoms with van der Waals surface area (Å²) < 4.78 is 11.0. The van der Waals surface area contributed by atoms with E-state index in [9.17, 15) is 9.90 Å². The van der Waals surface area contributed by atoms with E-state index >= 15 is 0 Å². The van der Waals surface area contributed by atoms with Gasteiger partial charge in [0, 0.05) is 30.6 Å². The molecule has 2 aromatic rings. The molecule has 0 aliphatic carbocycles. The molecule has 2 aliphatic heterocycles. The zero-order valence-corrected chi connectivity index (χ0v) is 24.2. The third-order valence-corrected chi connectivity index (χ3v) is 7.20. The predicted molar refractivity (Wildman–Crippen MR) is 150 cm³/mol. The number of carbonyl (C=O) groups is 1. The predicted octanol–water partition coefficient (Wildman–Crippen LogP) is 5.07. The Morgan fingerprint density at radius 1 is 1.23 bits per heavy atom. The van der Waals surface area contributed by atoms with Crippen molar-refractivity contribution in [3.8, 4) is 11.8 Å². The van der Waals surface area contributed by atoms with Crippen molar-refractivity contribution in [3.63, 3.8) is 0 Å². The molecule has 4 atom stereocenters. The Bertz CT molecular complexity index is 1250. The zero-order chi connectivity index (χ0) is 28.3. The number of pyridine rings is 1. The molecule has 0 bridgehead atoms. The van der Waals surface area contributed by atoms with Crippen molar-refractivity contribution in [2.24, 2.45) is 0 Å². The average Bonchev–Trinajstić information content (AvgIpc) is 3.25. The molecule has 2 aliphatic rings. The summed E-state index contributed by atoms with van der Waals surface area (Å²) in [6.45, 7) is 12.7. The van der Waals surface area contributed by atoms with Gasteiger partial charge in [0.25, 0.3) is 0 Å². The van der Waals surface area contributed by atoms with Crippen LogP contribution in [0.3, 0.4) is 0 Å². The number of likely N-dealkylation sites (tertiary alicyclic amines) is 1. The van der Waals surface area contributed by atoms with Crippen molar-refractivity contribution in [3.05, 3.63) is 46.0 Å². The molecule has 1 amide bonds. The molecule has 4 heterocycles. The highest BCUT2D eigenvalue weighted by molar-refractivity contribution is 6.31. The van der Waals surface area contributed by atoms with E-state index in [2.05, 4.69) is 52.9 Å². The number of nitrogens with zero attached hydrogens (tertiary/aromatic N) is 4. The van der Waals surface area contributed by atoms with E-state index in [0.717, 1.165) is 29.5 Å². The van der Waals surface area contributed by atoms with Gasteiger partial charge in [-0.2, -0.15) is 0 Å². The number of aliphatic hydroxyl groups excluding tert-OH is 1. The Balaban J connectivity index is 1.65. The van der Waals surface area contributed by atoms with Crippen LogP contribution in [0.25, 0.3) is 0 Å². The lowest BCUT2D eigenvalue weighted by Crippen LogP contribution is -2.42. The molecule has 0 spiro atoms. The molecular formula is C29H38ClN5O4. The van der Waals surface area contributed by atoms with Crippen molar-refractivity contribution in [2.45, 2.75) is 96.6 Å². The Labute approximate surface area is 235 Å². The van der Waals surface area contributed by atoms with E-state index in [1.54, 1.807) is 6.20 Å². The van der Waals surface area contributed by atoms with E-state index in [4.69, 9.17) is 21.1 Å². The highest BCUT2D eigenvalue weighted by Gasteiger charge is 2.39. The third-order valence-electron chi connectivity index (χ3n) is 6.93. The zero-order valence-electron chi connectivity index (χ0n) is 23.5. The van der Waals surface area contributed by atoms with Gasteiger partial charge in [-0.1, -0.05) is 31.4 Å². The van der Waals surface area contributed by atoms with Crippen LogP contribution in [-0.4, -0.2) is 68.1 Å². The Kier molecular flexibility index (Phi) is 9.00. The lowest BCUT2D eigenvalue weighted by molar-refractivity contribution is -0.0136. The van der Waals surface area contributed by atoms with Crippen molar-refractivity contribution < 1.29 is 19.4 Å². The Morgan fingerprint density at radius 3 is 2.69 bits per heavy atom. The fourth-order valence-electron chi connectivity index (χ4n) is 5.12. The fraction of sp³-hybridized carbons (Fsp3) is 0.586. The molecule has 9 nitrogen and oxygen atoms in total. The van der Waals surface area contributed by atoms with Crippen molar-refractivity contribution in [1.82, 2.24) is 19.9 Å². The molecule has 0 saturated carbocycles. The largest absolute Gasteiger partial charge is 0.444 e. The maximum atomic E-state index is 13.2. The van der Waals surface area contributed by atoms with Gasteiger partial charge in [-0.25, -0.2) is 14.8 Å². The molecule has 0 aromatic carbocycles. The van der Waals surface area contributed by atoms with Crippen LogP contribution in [0.5, 0.6) is 0 Å². The Hall–Kier alpha value is -2.93. The number of aliphatic hydroxyl groups is 1. The summed E-state index contributed by atoms with van der Waals surface area (Å²) in [5.74, 6) is 6.81. The lowest BCUT2D eigenvalue weighted by atomic mass is 9.90. The Morgan fingerprint density at radius 2 is 2.00 bits per heavy atom. The number of ether oxygens (including phenoxy) is 2. The summed E-state index contributed by atoms with van der Waals surface area (Å²) in [7, 11) is 0. The van der Waals surface area contributed by atoms with Gasteiger partial charge >= 0.3 is 6.09 Å². The smallest absolute Gasteiger partial charge is 0.411 e. The summed E-state index contributed by atoms with van der Waals surface area (Å²) in [4.78, 5) is 28.3. The van der Waals surface area contributed by atoms with Gasteiger partial charge in [-0.3, -0.25) is 9.88 Å². The number of hydrogen-bond donors (Lipinski definition) is 2. The second kappa shape index (κ2) is 12.1. The molecule has 210 valence electrons. The molecule has 4 rings (SSSR count). The van der Waals surface area contributed by atoms with Crippen LogP contribution < -0.4 is 5.32 Å². The first-order valence-corrected chi connectivity index (χ1v) is 13.9. The maximum Gasteiger partial charge on any atom is 0.411 e. The fourth-order valence-corrected chi connectivity index (χ4v) is 5.25. The number of rotatable bonds is 4. The molecular weight excluding hydrogens is 518 g/mol. The van der Waals surface area contributed by atoms with Crippen LogP contribution in [0.15, 0.2) is 18.6 Å². The minimum Gasteiger partial charge on any atom is -0.444 e. The van der Waals surface area contributed by atoms with Crippen LogP contribution in [0.4, 0.5) is 10.7 Å². The summed E-state index contributed by atoms with van der Waals surface area (Å²) >= 11 is 6.40. The van der Waals surface area contributed by atoms with Crippen LogP contribution in [0.1, 0.15) is 95.1 Å².